The van der Waals surface area contributed by atoms with Crippen molar-refractivity contribution in [3.05, 3.63) is 41.1 Å². The number of hydrogen-bond donors (Lipinski definition) is 1. The van der Waals surface area contributed by atoms with Crippen LogP contribution in [0.4, 0.5) is 4.39 Å². The van der Waals surface area contributed by atoms with E-state index in [9.17, 15) is 14.3 Å². The van der Waals surface area contributed by atoms with Crippen molar-refractivity contribution in [3.63, 3.8) is 0 Å². The van der Waals surface area contributed by atoms with Crippen LogP contribution in [0.15, 0.2) is 24.4 Å². The number of pyridine rings is 1. The van der Waals surface area contributed by atoms with Crippen LogP contribution in [-0.4, -0.2) is 70.4 Å². The maximum Gasteiger partial charge on any atom is 0.255 e. The summed E-state index contributed by atoms with van der Waals surface area (Å²) in [5.41, 5.74) is 3.54. The molecule has 5 rings (SSSR count). The third kappa shape index (κ3) is 3.29. The van der Waals surface area contributed by atoms with Gasteiger partial charge < -0.3 is 14.7 Å². The normalized spacial score (nSPS) is 28.3. The summed E-state index contributed by atoms with van der Waals surface area (Å²) >= 11 is 0. The Kier molecular flexibility index (Phi) is 5.21. The molecule has 2 aromatic rings. The number of carbonyl (C=O) groups excluding carboxylic acids is 1. The van der Waals surface area contributed by atoms with Crippen LogP contribution in [0.5, 0.6) is 0 Å². The maximum absolute atomic E-state index is 13.6. The van der Waals surface area contributed by atoms with Crippen molar-refractivity contribution < 1.29 is 19.0 Å². The van der Waals surface area contributed by atoms with Gasteiger partial charge in [0.25, 0.3) is 5.91 Å². The first-order valence-corrected chi connectivity index (χ1v) is 10.9. The molecule has 3 atom stereocenters. The van der Waals surface area contributed by atoms with E-state index in [0.717, 1.165) is 35.1 Å². The second-order valence-corrected chi connectivity index (χ2v) is 8.73. The van der Waals surface area contributed by atoms with Crippen molar-refractivity contribution in [1.29, 1.82) is 0 Å². The Bertz CT molecular complexity index is 960. The minimum absolute atomic E-state index is 0.0419. The molecular weight excluding hydrogens is 385 g/mol. The maximum atomic E-state index is 13.6. The monoisotopic (exact) mass is 413 g/mol. The topological polar surface area (TPSA) is 65.9 Å². The molecule has 0 aliphatic carbocycles. The third-order valence-corrected chi connectivity index (χ3v) is 6.88. The van der Waals surface area contributed by atoms with Gasteiger partial charge >= 0.3 is 0 Å². The number of nitrogens with zero attached hydrogens (tertiary/aromatic N) is 3. The average molecular weight is 413 g/mol. The lowest BCUT2D eigenvalue weighted by Gasteiger charge is -2.37. The molecule has 30 heavy (non-hydrogen) atoms. The van der Waals surface area contributed by atoms with Gasteiger partial charge in [0, 0.05) is 49.0 Å². The summed E-state index contributed by atoms with van der Waals surface area (Å²) in [7, 11) is 0. The highest BCUT2D eigenvalue weighted by Gasteiger charge is 2.43. The third-order valence-electron chi connectivity index (χ3n) is 6.88. The van der Waals surface area contributed by atoms with Gasteiger partial charge in [-0.1, -0.05) is 6.07 Å². The molecule has 0 radical (unpaired) electrons. The number of ether oxygens (including phenoxy) is 1. The van der Waals surface area contributed by atoms with Gasteiger partial charge in [0.1, 0.15) is 6.17 Å². The lowest BCUT2D eigenvalue weighted by atomic mass is 9.95. The first-order chi connectivity index (χ1) is 14.5. The predicted octanol–water partition coefficient (Wildman–Crippen LogP) is 2.84. The summed E-state index contributed by atoms with van der Waals surface area (Å²) in [4.78, 5) is 22.2. The molecule has 1 aromatic carbocycles. The Morgan fingerprint density at radius 1 is 1.30 bits per heavy atom. The quantitative estimate of drug-likeness (QED) is 0.838. The summed E-state index contributed by atoms with van der Waals surface area (Å²) in [5, 5.41) is 11.5. The summed E-state index contributed by atoms with van der Waals surface area (Å²) in [6.07, 6.45) is 2.13. The Morgan fingerprint density at radius 3 is 2.87 bits per heavy atom. The van der Waals surface area contributed by atoms with Crippen molar-refractivity contribution in [2.24, 2.45) is 0 Å². The number of aliphatic hydroxyl groups is 1. The minimum atomic E-state index is -0.707. The van der Waals surface area contributed by atoms with Crippen LogP contribution in [-0.2, 0) is 11.3 Å². The smallest absolute Gasteiger partial charge is 0.255 e. The highest BCUT2D eigenvalue weighted by molar-refractivity contribution is 6.05. The van der Waals surface area contributed by atoms with Gasteiger partial charge in [-0.05, 0) is 43.9 Å². The van der Waals surface area contributed by atoms with Crippen LogP contribution in [0, 0.1) is 0 Å². The van der Waals surface area contributed by atoms with Crippen LogP contribution >= 0.6 is 0 Å². The van der Waals surface area contributed by atoms with E-state index in [4.69, 9.17) is 4.74 Å². The zero-order valence-electron chi connectivity index (χ0n) is 17.3. The van der Waals surface area contributed by atoms with Crippen molar-refractivity contribution in [3.8, 4) is 0 Å². The molecule has 2 saturated heterocycles. The van der Waals surface area contributed by atoms with Gasteiger partial charge in [-0.25, -0.2) is 4.39 Å². The standard InChI is InChI=1S/C23H28FN3O3/c1-14-21-18(23(29)27(14)19-6-10-30-13-20(19)28)11-15(17-3-2-7-25-22(17)21)12-26-8-4-16(24)5-9-26/h2-3,7,11,14,16,19-20,28H,4-6,8-10,12-13H2,1H3. The highest BCUT2D eigenvalue weighted by Crippen LogP contribution is 2.41. The molecular formula is C23H28FN3O3. The molecule has 3 aliphatic heterocycles. The number of rotatable bonds is 3. The number of amides is 1. The molecule has 1 amide bonds. The second-order valence-electron chi connectivity index (χ2n) is 8.73. The average Bonchev–Trinajstić information content (AvgIpc) is 3.00. The molecule has 160 valence electrons. The second kappa shape index (κ2) is 7.87. The number of piperidine rings is 1. The van der Waals surface area contributed by atoms with Gasteiger partial charge in [-0.2, -0.15) is 0 Å². The van der Waals surface area contributed by atoms with Crippen LogP contribution in [0.1, 0.15) is 53.7 Å². The Morgan fingerprint density at radius 2 is 2.10 bits per heavy atom. The van der Waals surface area contributed by atoms with Crippen LogP contribution in [0.3, 0.4) is 0 Å². The molecule has 4 heterocycles. The lowest BCUT2D eigenvalue weighted by Crippen LogP contribution is -2.50. The summed E-state index contributed by atoms with van der Waals surface area (Å²) < 4.78 is 18.9. The SMILES string of the molecule is CC1c2c(cc(CN3CCC(F)CC3)c3cccnc23)C(=O)N1C1CCOCC1O. The van der Waals surface area contributed by atoms with E-state index in [0.29, 0.717) is 38.0 Å². The van der Waals surface area contributed by atoms with E-state index >= 15 is 0 Å². The van der Waals surface area contributed by atoms with Crippen LogP contribution < -0.4 is 0 Å². The zero-order chi connectivity index (χ0) is 20.8. The number of carbonyl (C=O) groups is 1. The number of fused-ring (bicyclic) bond motifs is 3. The van der Waals surface area contributed by atoms with Crippen LogP contribution in [0.2, 0.25) is 0 Å². The van der Waals surface area contributed by atoms with Crippen molar-refractivity contribution in [1.82, 2.24) is 14.8 Å². The van der Waals surface area contributed by atoms with Crippen molar-refractivity contribution in [2.45, 2.75) is 57.1 Å². The Hall–Kier alpha value is -2.09. The van der Waals surface area contributed by atoms with Gasteiger partial charge in [-0.3, -0.25) is 14.7 Å². The van der Waals surface area contributed by atoms with Crippen LogP contribution in [0.25, 0.3) is 10.9 Å². The molecule has 1 aromatic heterocycles. The van der Waals surface area contributed by atoms with E-state index in [1.165, 1.54) is 0 Å². The fourth-order valence-electron chi connectivity index (χ4n) is 5.30. The molecule has 0 saturated carbocycles. The first kappa shape index (κ1) is 19.8. The molecule has 0 spiro atoms. The Labute approximate surface area is 175 Å². The van der Waals surface area contributed by atoms with Gasteiger partial charge in [0.2, 0.25) is 0 Å². The van der Waals surface area contributed by atoms with E-state index < -0.39 is 12.3 Å². The van der Waals surface area contributed by atoms with E-state index in [1.807, 2.05) is 24.0 Å². The summed E-state index contributed by atoms with van der Waals surface area (Å²) in [6.45, 7) is 4.96. The molecule has 7 heteroatoms. The molecule has 0 bridgehead atoms. The summed E-state index contributed by atoms with van der Waals surface area (Å²) in [6, 6.07) is 5.58. The predicted molar refractivity (Wildman–Crippen MR) is 111 cm³/mol. The Balaban J connectivity index is 1.54. The highest BCUT2D eigenvalue weighted by atomic mass is 19.1. The minimum Gasteiger partial charge on any atom is -0.389 e. The molecule has 2 fully saturated rings. The van der Waals surface area contributed by atoms with Gasteiger partial charge in [-0.15, -0.1) is 0 Å². The number of halogens is 1. The number of benzene rings is 1. The van der Waals surface area contributed by atoms with Crippen molar-refractivity contribution in [2.75, 3.05) is 26.3 Å². The van der Waals surface area contributed by atoms with Crippen molar-refractivity contribution >= 4 is 16.8 Å². The molecule has 1 N–H and O–H groups in total. The summed E-state index contributed by atoms with van der Waals surface area (Å²) in [5.74, 6) is -0.0419. The number of aromatic nitrogens is 1. The molecule has 3 aliphatic rings. The number of aliphatic hydroxyl groups excluding tert-OH is 1. The lowest BCUT2D eigenvalue weighted by molar-refractivity contribution is -0.0623. The number of hydrogen-bond acceptors (Lipinski definition) is 5. The largest absolute Gasteiger partial charge is 0.389 e. The fraction of sp³-hybridized carbons (Fsp3) is 0.565. The van der Waals surface area contributed by atoms with E-state index in [-0.39, 0.29) is 24.6 Å². The van der Waals surface area contributed by atoms with E-state index in [1.54, 1.807) is 6.20 Å². The van der Waals surface area contributed by atoms with Gasteiger partial charge in [0.15, 0.2) is 0 Å². The van der Waals surface area contributed by atoms with E-state index in [2.05, 4.69) is 16.0 Å². The number of likely N-dealkylation sites (tertiary alicyclic amines) is 1. The van der Waals surface area contributed by atoms with Gasteiger partial charge in [0.05, 0.1) is 30.3 Å². The first-order valence-electron chi connectivity index (χ1n) is 10.9. The molecule has 6 nitrogen and oxygen atoms in total. The molecule has 3 unspecified atom stereocenters. The fourth-order valence-corrected chi connectivity index (χ4v) is 5.30. The number of alkyl halides is 1. The zero-order valence-corrected chi connectivity index (χ0v) is 17.3.